The van der Waals surface area contributed by atoms with Crippen molar-refractivity contribution in [1.29, 1.82) is 0 Å². The summed E-state index contributed by atoms with van der Waals surface area (Å²) in [6, 6.07) is 17.2. The molecule has 0 aliphatic heterocycles. The van der Waals surface area contributed by atoms with Crippen LogP contribution in [0.4, 0.5) is 0 Å². The quantitative estimate of drug-likeness (QED) is 0.351. The molecule has 0 fully saturated rings. The second-order valence-electron chi connectivity index (χ2n) is 7.60. The fourth-order valence-corrected chi connectivity index (χ4v) is 4.80. The Balaban J connectivity index is 1.55. The van der Waals surface area contributed by atoms with Crippen LogP contribution in [0.2, 0.25) is 0 Å². The van der Waals surface area contributed by atoms with Crippen LogP contribution in [0, 0.1) is 5.92 Å². The van der Waals surface area contributed by atoms with Crippen molar-refractivity contribution in [3.63, 3.8) is 0 Å². The van der Waals surface area contributed by atoms with Gasteiger partial charge in [0.15, 0.2) is 0 Å². The summed E-state index contributed by atoms with van der Waals surface area (Å²) in [4.78, 5) is 2.26. The smallest absolute Gasteiger partial charge is 0.257 e. The van der Waals surface area contributed by atoms with Crippen LogP contribution >= 0.6 is 22.7 Å². The highest BCUT2D eigenvalue weighted by atomic mass is 32.1. The lowest BCUT2D eigenvalue weighted by atomic mass is 9.98. The standard InChI is InChI=1S/C23H25N3OS2/c1-15(2)14-17-8-10-18(11-9-17)21(19-6-4-12-28-19)24-16(3)22-25-26-23(27-22)20-7-5-13-29-20/h4-13,15-16,21,24H,14H2,1-3H3/t16-,21+/m0/s1. The Bertz CT molecular complexity index is 1010. The van der Waals surface area contributed by atoms with E-state index in [-0.39, 0.29) is 12.1 Å². The molecule has 0 radical (unpaired) electrons. The molecule has 1 N–H and O–H groups in total. The molecule has 29 heavy (non-hydrogen) atoms. The molecular weight excluding hydrogens is 398 g/mol. The molecule has 0 amide bonds. The molecule has 6 heteroatoms. The van der Waals surface area contributed by atoms with Crippen LogP contribution in [0.1, 0.15) is 54.7 Å². The fraction of sp³-hybridized carbons (Fsp3) is 0.304. The summed E-state index contributed by atoms with van der Waals surface area (Å²) in [5, 5.41) is 16.3. The number of rotatable bonds is 8. The summed E-state index contributed by atoms with van der Waals surface area (Å²) in [7, 11) is 0. The summed E-state index contributed by atoms with van der Waals surface area (Å²) < 4.78 is 5.94. The average molecular weight is 424 g/mol. The third-order valence-corrected chi connectivity index (χ3v) is 6.54. The number of benzene rings is 1. The Hall–Kier alpha value is -2.28. The Labute approximate surface area is 179 Å². The van der Waals surface area contributed by atoms with Gasteiger partial charge in [0.1, 0.15) is 0 Å². The van der Waals surface area contributed by atoms with E-state index < -0.39 is 0 Å². The fourth-order valence-electron chi connectivity index (χ4n) is 3.35. The van der Waals surface area contributed by atoms with Gasteiger partial charge >= 0.3 is 0 Å². The minimum Gasteiger partial charge on any atom is -0.418 e. The number of nitrogens with zero attached hydrogens (tertiary/aromatic N) is 2. The van der Waals surface area contributed by atoms with Gasteiger partial charge in [0.25, 0.3) is 5.89 Å². The van der Waals surface area contributed by atoms with Crippen LogP contribution in [0.15, 0.2) is 63.7 Å². The SMILES string of the molecule is CC(C)Cc1ccc([C@@H](N[C@@H](C)c2nnc(-c3cccs3)o2)c2cccs2)cc1. The number of nitrogens with one attached hydrogen (secondary N) is 1. The van der Waals surface area contributed by atoms with Crippen molar-refractivity contribution in [2.75, 3.05) is 0 Å². The van der Waals surface area contributed by atoms with Gasteiger partial charge in [0, 0.05) is 4.88 Å². The maximum Gasteiger partial charge on any atom is 0.257 e. The van der Waals surface area contributed by atoms with E-state index in [4.69, 9.17) is 4.42 Å². The van der Waals surface area contributed by atoms with Crippen molar-refractivity contribution >= 4 is 22.7 Å². The molecule has 4 rings (SSSR count). The minimum atomic E-state index is -0.0707. The van der Waals surface area contributed by atoms with Gasteiger partial charge < -0.3 is 4.42 Å². The van der Waals surface area contributed by atoms with Gasteiger partial charge in [-0.1, -0.05) is 50.2 Å². The van der Waals surface area contributed by atoms with Gasteiger partial charge in [-0.05, 0) is 53.3 Å². The van der Waals surface area contributed by atoms with Crippen molar-refractivity contribution in [3.05, 3.63) is 81.2 Å². The first-order valence-electron chi connectivity index (χ1n) is 9.85. The Morgan fingerprint density at radius 3 is 2.34 bits per heavy atom. The Morgan fingerprint density at radius 1 is 0.931 bits per heavy atom. The summed E-state index contributed by atoms with van der Waals surface area (Å²) in [6.45, 7) is 6.57. The van der Waals surface area contributed by atoms with Gasteiger partial charge in [-0.3, -0.25) is 5.32 Å². The molecule has 0 aliphatic rings. The monoisotopic (exact) mass is 423 g/mol. The normalized spacial score (nSPS) is 13.7. The molecule has 3 aromatic heterocycles. The van der Waals surface area contributed by atoms with Gasteiger partial charge in [-0.25, -0.2) is 0 Å². The molecule has 4 aromatic rings. The zero-order valence-electron chi connectivity index (χ0n) is 16.8. The first-order valence-corrected chi connectivity index (χ1v) is 11.6. The topological polar surface area (TPSA) is 51.0 Å². The third-order valence-electron chi connectivity index (χ3n) is 4.74. The largest absolute Gasteiger partial charge is 0.418 e. The molecule has 2 atom stereocenters. The van der Waals surface area contributed by atoms with Crippen LogP contribution in [0.25, 0.3) is 10.8 Å². The van der Waals surface area contributed by atoms with Crippen LogP contribution in [-0.4, -0.2) is 10.2 Å². The van der Waals surface area contributed by atoms with E-state index in [1.165, 1.54) is 16.0 Å². The van der Waals surface area contributed by atoms with E-state index in [9.17, 15) is 0 Å². The summed E-state index contributed by atoms with van der Waals surface area (Å²) >= 11 is 3.35. The van der Waals surface area contributed by atoms with Crippen LogP contribution in [0.3, 0.4) is 0 Å². The number of aromatic nitrogens is 2. The van der Waals surface area contributed by atoms with Gasteiger partial charge in [-0.15, -0.1) is 32.9 Å². The van der Waals surface area contributed by atoms with E-state index in [0.717, 1.165) is 11.3 Å². The number of hydrogen-bond acceptors (Lipinski definition) is 6. The molecule has 0 bridgehead atoms. The van der Waals surface area contributed by atoms with E-state index in [2.05, 4.69) is 78.1 Å². The van der Waals surface area contributed by atoms with Crippen LogP contribution in [-0.2, 0) is 6.42 Å². The predicted molar refractivity (Wildman–Crippen MR) is 120 cm³/mol. The van der Waals surface area contributed by atoms with E-state index in [0.29, 0.717) is 17.7 Å². The lowest BCUT2D eigenvalue weighted by molar-refractivity contribution is 0.405. The zero-order chi connectivity index (χ0) is 20.2. The van der Waals surface area contributed by atoms with Gasteiger partial charge in [0.05, 0.1) is 17.0 Å². The maximum atomic E-state index is 5.94. The second-order valence-corrected chi connectivity index (χ2v) is 9.53. The van der Waals surface area contributed by atoms with Crippen molar-refractivity contribution in [1.82, 2.24) is 15.5 Å². The molecule has 0 aliphatic carbocycles. The lowest BCUT2D eigenvalue weighted by Gasteiger charge is -2.21. The lowest BCUT2D eigenvalue weighted by Crippen LogP contribution is -2.25. The molecule has 0 spiro atoms. The minimum absolute atomic E-state index is 0.0707. The highest BCUT2D eigenvalue weighted by molar-refractivity contribution is 7.13. The second kappa shape index (κ2) is 9.03. The van der Waals surface area contributed by atoms with Crippen LogP contribution in [0.5, 0.6) is 0 Å². The molecule has 0 unspecified atom stereocenters. The van der Waals surface area contributed by atoms with E-state index in [1.54, 1.807) is 22.7 Å². The van der Waals surface area contributed by atoms with Crippen molar-refractivity contribution in [2.45, 2.75) is 39.3 Å². The highest BCUT2D eigenvalue weighted by Crippen LogP contribution is 2.30. The molecule has 150 valence electrons. The number of hydrogen-bond donors (Lipinski definition) is 1. The Kier molecular flexibility index (Phi) is 6.23. The molecule has 0 saturated heterocycles. The molecule has 3 heterocycles. The van der Waals surface area contributed by atoms with Gasteiger partial charge in [0.2, 0.25) is 5.89 Å². The first-order chi connectivity index (χ1) is 14.1. The molecule has 4 nitrogen and oxygen atoms in total. The maximum absolute atomic E-state index is 5.94. The summed E-state index contributed by atoms with van der Waals surface area (Å²) in [5.41, 5.74) is 2.61. The van der Waals surface area contributed by atoms with Crippen LogP contribution < -0.4 is 5.32 Å². The molecule has 1 aromatic carbocycles. The van der Waals surface area contributed by atoms with Gasteiger partial charge in [-0.2, -0.15) is 0 Å². The van der Waals surface area contributed by atoms with E-state index in [1.807, 2.05) is 17.5 Å². The van der Waals surface area contributed by atoms with Crippen molar-refractivity contribution in [2.24, 2.45) is 5.92 Å². The molecule has 0 saturated carbocycles. The highest BCUT2D eigenvalue weighted by Gasteiger charge is 2.22. The first kappa shape index (κ1) is 20.0. The molecular formula is C23H25N3OS2. The zero-order valence-corrected chi connectivity index (χ0v) is 18.5. The summed E-state index contributed by atoms with van der Waals surface area (Å²) in [5.74, 6) is 1.84. The van der Waals surface area contributed by atoms with Crippen molar-refractivity contribution < 1.29 is 4.42 Å². The summed E-state index contributed by atoms with van der Waals surface area (Å²) in [6.07, 6.45) is 1.10. The van der Waals surface area contributed by atoms with Crippen molar-refractivity contribution in [3.8, 4) is 10.8 Å². The number of thiophene rings is 2. The average Bonchev–Trinajstić information content (AvgIpc) is 3.48. The third kappa shape index (κ3) is 4.83. The predicted octanol–water partition coefficient (Wildman–Crippen LogP) is 6.50. The van der Waals surface area contributed by atoms with E-state index >= 15 is 0 Å². The Morgan fingerprint density at radius 2 is 1.69 bits per heavy atom.